The Kier molecular flexibility index (Phi) is 7.13. The Morgan fingerprint density at radius 2 is 1.74 bits per heavy atom. The van der Waals surface area contributed by atoms with Gasteiger partial charge in [-0.25, -0.2) is 4.39 Å². The molecule has 2 aromatic rings. The number of β-amino-alcohol motifs (C(OH)–C–C–N with tert-alkyl or cyclic N) is 1. The molecule has 0 radical (unpaired) electrons. The molecule has 186 valence electrons. The van der Waals surface area contributed by atoms with Crippen LogP contribution in [0.1, 0.15) is 40.7 Å². The number of hydrogen-bond acceptors (Lipinski definition) is 5. The first kappa shape index (κ1) is 23.9. The van der Waals surface area contributed by atoms with Gasteiger partial charge in [0.2, 0.25) is 5.91 Å². The topological polar surface area (TPSA) is 88.1 Å². The minimum Gasteiger partial charge on any atom is -0.389 e. The van der Waals surface area contributed by atoms with Gasteiger partial charge in [0, 0.05) is 18.2 Å². The van der Waals surface area contributed by atoms with E-state index in [1.54, 1.807) is 4.90 Å². The molecular formula is C27H31FN2O5. The first-order chi connectivity index (χ1) is 17.0. The number of hydrogen-bond donors (Lipinski definition) is 2. The van der Waals surface area contributed by atoms with E-state index >= 15 is 0 Å². The fourth-order valence-corrected chi connectivity index (χ4v) is 5.49. The summed E-state index contributed by atoms with van der Waals surface area (Å²) in [5, 5.41) is 13.5. The molecular weight excluding hydrogens is 451 g/mol. The highest BCUT2D eigenvalue weighted by Gasteiger charge is 2.40. The summed E-state index contributed by atoms with van der Waals surface area (Å²) in [6.07, 6.45) is 1.68. The van der Waals surface area contributed by atoms with Gasteiger partial charge in [0.1, 0.15) is 11.9 Å². The number of carbonyl (C=O) groups is 2. The van der Waals surface area contributed by atoms with Crippen molar-refractivity contribution in [3.63, 3.8) is 0 Å². The predicted octanol–water partition coefficient (Wildman–Crippen LogP) is 2.25. The molecule has 0 spiro atoms. The van der Waals surface area contributed by atoms with Crippen molar-refractivity contribution in [3.05, 3.63) is 71.0 Å². The SMILES string of the molecule is O=C(C[C@@H]1CC[C@H]2[C@@H](COC[C@H](O)CN2C(=O)c2ccc(F)cc2)O1)NC1Cc2ccccc2C1. The average Bonchev–Trinajstić information content (AvgIpc) is 3.24. The molecule has 5 rings (SSSR count). The van der Waals surface area contributed by atoms with E-state index in [1.807, 2.05) is 12.1 Å². The molecule has 3 aliphatic rings. The second-order valence-corrected chi connectivity index (χ2v) is 9.74. The zero-order valence-corrected chi connectivity index (χ0v) is 19.6. The van der Waals surface area contributed by atoms with Crippen molar-refractivity contribution in [2.45, 2.75) is 62.5 Å². The first-order valence-corrected chi connectivity index (χ1v) is 12.3. The van der Waals surface area contributed by atoms with E-state index in [4.69, 9.17) is 9.47 Å². The van der Waals surface area contributed by atoms with Crippen LogP contribution in [0.25, 0.3) is 0 Å². The van der Waals surface area contributed by atoms with Gasteiger partial charge in [0.25, 0.3) is 5.91 Å². The third kappa shape index (κ3) is 5.55. The number of fused-ring (bicyclic) bond motifs is 2. The Balaban J connectivity index is 1.21. The van der Waals surface area contributed by atoms with Crippen molar-refractivity contribution < 1.29 is 28.6 Å². The largest absolute Gasteiger partial charge is 0.389 e. The molecule has 2 N–H and O–H groups in total. The predicted molar refractivity (Wildman–Crippen MR) is 126 cm³/mol. The molecule has 0 aromatic heterocycles. The fraction of sp³-hybridized carbons (Fsp3) is 0.481. The molecule has 1 aliphatic carbocycles. The molecule has 2 fully saturated rings. The van der Waals surface area contributed by atoms with Crippen molar-refractivity contribution >= 4 is 11.8 Å². The van der Waals surface area contributed by atoms with Gasteiger partial charge in [0.05, 0.1) is 37.9 Å². The van der Waals surface area contributed by atoms with Crippen molar-refractivity contribution in [2.75, 3.05) is 19.8 Å². The molecule has 2 heterocycles. The molecule has 4 atom stereocenters. The fourth-order valence-electron chi connectivity index (χ4n) is 5.49. The van der Waals surface area contributed by atoms with Crippen LogP contribution >= 0.6 is 0 Å². The molecule has 0 unspecified atom stereocenters. The summed E-state index contributed by atoms with van der Waals surface area (Å²) in [6, 6.07) is 13.5. The molecule has 8 heteroatoms. The first-order valence-electron chi connectivity index (χ1n) is 12.3. The number of benzene rings is 2. The van der Waals surface area contributed by atoms with E-state index in [-0.39, 0.29) is 56.2 Å². The van der Waals surface area contributed by atoms with E-state index in [2.05, 4.69) is 17.4 Å². The standard InChI is InChI=1S/C27H31FN2O5/c28-20-7-5-17(6-8-20)27(33)30-14-22(31)15-34-16-25-24(30)10-9-23(35-25)13-26(32)29-21-11-18-3-1-2-4-19(18)12-21/h1-8,21-25,31H,9-16H2,(H,29,32)/t22-,23+,24+,25-/m1/s1. The van der Waals surface area contributed by atoms with Crippen LogP contribution in [0.3, 0.4) is 0 Å². The van der Waals surface area contributed by atoms with Crippen LogP contribution in [0.2, 0.25) is 0 Å². The maximum atomic E-state index is 13.4. The summed E-state index contributed by atoms with van der Waals surface area (Å²) in [6.45, 7) is 0.423. The van der Waals surface area contributed by atoms with Crippen LogP contribution < -0.4 is 5.32 Å². The maximum Gasteiger partial charge on any atom is 0.254 e. The maximum absolute atomic E-state index is 13.4. The van der Waals surface area contributed by atoms with Crippen molar-refractivity contribution in [1.82, 2.24) is 10.2 Å². The molecule has 7 nitrogen and oxygen atoms in total. The number of amides is 2. The molecule has 0 saturated carbocycles. The van der Waals surface area contributed by atoms with E-state index < -0.39 is 18.0 Å². The lowest BCUT2D eigenvalue weighted by Gasteiger charge is -2.44. The minimum absolute atomic E-state index is 0.0346. The molecule has 2 aliphatic heterocycles. The summed E-state index contributed by atoms with van der Waals surface area (Å²) < 4.78 is 25.3. The second-order valence-electron chi connectivity index (χ2n) is 9.74. The lowest BCUT2D eigenvalue weighted by Crippen LogP contribution is -2.57. The number of aliphatic hydroxyl groups excluding tert-OH is 1. The number of aliphatic hydroxyl groups is 1. The van der Waals surface area contributed by atoms with Crippen LogP contribution in [0.4, 0.5) is 4.39 Å². The smallest absolute Gasteiger partial charge is 0.254 e. The summed E-state index contributed by atoms with van der Waals surface area (Å²) in [5.74, 6) is -0.724. The summed E-state index contributed by atoms with van der Waals surface area (Å²) in [7, 11) is 0. The summed E-state index contributed by atoms with van der Waals surface area (Å²) >= 11 is 0. The average molecular weight is 483 g/mol. The van der Waals surface area contributed by atoms with E-state index in [9.17, 15) is 19.1 Å². The lowest BCUT2D eigenvalue weighted by molar-refractivity contribution is -0.151. The summed E-state index contributed by atoms with van der Waals surface area (Å²) in [4.78, 5) is 27.7. The number of ether oxygens (including phenoxy) is 2. The van der Waals surface area contributed by atoms with Crippen LogP contribution in [-0.4, -0.2) is 72.0 Å². The number of rotatable bonds is 4. The highest BCUT2D eigenvalue weighted by atomic mass is 19.1. The number of nitrogens with zero attached hydrogens (tertiary/aromatic N) is 1. The Morgan fingerprint density at radius 1 is 1.03 bits per heavy atom. The van der Waals surface area contributed by atoms with Gasteiger partial charge in [-0.05, 0) is 61.1 Å². The highest BCUT2D eigenvalue weighted by molar-refractivity contribution is 5.94. The van der Waals surface area contributed by atoms with Gasteiger partial charge < -0.3 is 24.8 Å². The number of halogens is 1. The van der Waals surface area contributed by atoms with E-state index in [1.165, 1.54) is 35.4 Å². The van der Waals surface area contributed by atoms with Crippen molar-refractivity contribution in [2.24, 2.45) is 0 Å². The van der Waals surface area contributed by atoms with Crippen LogP contribution in [0.15, 0.2) is 48.5 Å². The summed E-state index contributed by atoms with van der Waals surface area (Å²) in [5.41, 5.74) is 2.93. The van der Waals surface area contributed by atoms with Crippen LogP contribution in [-0.2, 0) is 27.1 Å². The number of nitrogens with one attached hydrogen (secondary N) is 1. The van der Waals surface area contributed by atoms with Gasteiger partial charge in [-0.1, -0.05) is 24.3 Å². The lowest BCUT2D eigenvalue weighted by atomic mass is 9.94. The molecule has 2 aromatic carbocycles. The van der Waals surface area contributed by atoms with E-state index in [0.29, 0.717) is 18.4 Å². The van der Waals surface area contributed by atoms with Gasteiger partial charge in [-0.3, -0.25) is 9.59 Å². The second kappa shape index (κ2) is 10.4. The zero-order valence-electron chi connectivity index (χ0n) is 19.6. The molecule has 0 bridgehead atoms. The Labute approximate surface area is 204 Å². The van der Waals surface area contributed by atoms with Crippen molar-refractivity contribution in [1.29, 1.82) is 0 Å². The monoisotopic (exact) mass is 482 g/mol. The minimum atomic E-state index is -0.820. The van der Waals surface area contributed by atoms with Crippen LogP contribution in [0, 0.1) is 5.82 Å². The van der Waals surface area contributed by atoms with Crippen molar-refractivity contribution in [3.8, 4) is 0 Å². The van der Waals surface area contributed by atoms with Gasteiger partial charge in [-0.2, -0.15) is 0 Å². The third-order valence-electron chi connectivity index (χ3n) is 7.16. The molecule has 35 heavy (non-hydrogen) atoms. The van der Waals surface area contributed by atoms with Gasteiger partial charge in [-0.15, -0.1) is 0 Å². The zero-order chi connectivity index (χ0) is 24.4. The third-order valence-corrected chi connectivity index (χ3v) is 7.16. The Morgan fingerprint density at radius 3 is 2.46 bits per heavy atom. The quantitative estimate of drug-likeness (QED) is 0.698. The molecule has 2 amide bonds. The highest BCUT2D eigenvalue weighted by Crippen LogP contribution is 2.29. The van der Waals surface area contributed by atoms with E-state index in [0.717, 1.165) is 12.8 Å². The van der Waals surface area contributed by atoms with Gasteiger partial charge in [0.15, 0.2) is 0 Å². The normalized spacial score (nSPS) is 26.9. The molecule has 2 saturated heterocycles. The van der Waals surface area contributed by atoms with Crippen LogP contribution in [0.5, 0.6) is 0 Å². The Bertz CT molecular complexity index is 1040. The Hall–Kier alpha value is -2.81. The van der Waals surface area contributed by atoms with Gasteiger partial charge >= 0.3 is 0 Å². The number of carbonyl (C=O) groups excluding carboxylic acids is 2.